The van der Waals surface area contributed by atoms with E-state index in [-0.39, 0.29) is 24.1 Å². The van der Waals surface area contributed by atoms with Gasteiger partial charge in [-0.25, -0.2) is 4.39 Å². The van der Waals surface area contributed by atoms with Crippen LogP contribution in [0.1, 0.15) is 27.9 Å². The monoisotopic (exact) mass is 429 g/mol. The summed E-state index contributed by atoms with van der Waals surface area (Å²) in [6.07, 6.45) is 0.759. The van der Waals surface area contributed by atoms with Gasteiger partial charge in [-0.1, -0.05) is 42.5 Å². The first-order chi connectivity index (χ1) is 15.5. The molecule has 0 saturated carbocycles. The van der Waals surface area contributed by atoms with Crippen molar-refractivity contribution >= 4 is 22.7 Å². The maximum absolute atomic E-state index is 13.9. The van der Waals surface area contributed by atoms with Crippen LogP contribution in [0.15, 0.2) is 72.8 Å². The summed E-state index contributed by atoms with van der Waals surface area (Å²) < 4.78 is 13.9. The van der Waals surface area contributed by atoms with Crippen LogP contribution < -0.4 is 10.6 Å². The van der Waals surface area contributed by atoms with Gasteiger partial charge in [0.15, 0.2) is 0 Å². The van der Waals surface area contributed by atoms with E-state index < -0.39 is 0 Å². The highest BCUT2D eigenvalue weighted by Gasteiger charge is 2.15. The van der Waals surface area contributed by atoms with Crippen LogP contribution in [-0.2, 0) is 17.8 Å². The van der Waals surface area contributed by atoms with E-state index in [0.717, 1.165) is 33.3 Å². The molecular weight excluding hydrogens is 405 g/mol. The predicted molar refractivity (Wildman–Crippen MR) is 124 cm³/mol. The lowest BCUT2D eigenvalue weighted by Crippen LogP contribution is -2.23. The number of halogens is 1. The van der Waals surface area contributed by atoms with Gasteiger partial charge in [0.05, 0.1) is 0 Å². The summed E-state index contributed by atoms with van der Waals surface area (Å²) in [7, 11) is 1.59. The summed E-state index contributed by atoms with van der Waals surface area (Å²) in [5.41, 5.74) is 5.15. The Morgan fingerprint density at radius 3 is 2.44 bits per heavy atom. The van der Waals surface area contributed by atoms with Crippen molar-refractivity contribution in [3.63, 3.8) is 0 Å². The molecule has 5 nitrogen and oxygen atoms in total. The van der Waals surface area contributed by atoms with Crippen molar-refractivity contribution < 1.29 is 14.0 Å². The van der Waals surface area contributed by atoms with E-state index in [4.69, 9.17) is 0 Å². The highest BCUT2D eigenvalue weighted by molar-refractivity contribution is 5.94. The van der Waals surface area contributed by atoms with Gasteiger partial charge in [0.2, 0.25) is 5.91 Å². The number of benzene rings is 3. The normalized spacial score (nSPS) is 10.8. The number of carbonyl (C=O) groups excluding carboxylic acids is 2. The Kier molecular flexibility index (Phi) is 6.31. The number of amides is 2. The summed E-state index contributed by atoms with van der Waals surface area (Å²) in [4.78, 5) is 27.5. The van der Waals surface area contributed by atoms with Crippen molar-refractivity contribution in [1.29, 1.82) is 0 Å². The molecule has 0 unspecified atom stereocenters. The van der Waals surface area contributed by atoms with E-state index in [1.165, 1.54) is 12.1 Å². The minimum atomic E-state index is -0.304. The van der Waals surface area contributed by atoms with Crippen LogP contribution in [0.3, 0.4) is 0 Å². The SMILES string of the molecule is CNC(=O)c1ccc(CNC(=O)CCc2c(-c3ccccc3)[nH]c3ccc(F)cc23)cc1. The van der Waals surface area contributed by atoms with Crippen molar-refractivity contribution in [2.75, 3.05) is 7.05 Å². The first-order valence-electron chi connectivity index (χ1n) is 10.5. The molecule has 32 heavy (non-hydrogen) atoms. The van der Waals surface area contributed by atoms with Crippen molar-refractivity contribution in [3.05, 3.63) is 95.3 Å². The summed E-state index contributed by atoms with van der Waals surface area (Å²) in [6, 6.07) is 21.6. The zero-order valence-corrected chi connectivity index (χ0v) is 17.7. The van der Waals surface area contributed by atoms with Gasteiger partial charge in [0.1, 0.15) is 5.82 Å². The fraction of sp³-hybridized carbons (Fsp3) is 0.154. The largest absolute Gasteiger partial charge is 0.355 e. The Hall–Kier alpha value is -3.93. The van der Waals surface area contributed by atoms with Gasteiger partial charge >= 0.3 is 0 Å². The molecule has 0 aliphatic carbocycles. The van der Waals surface area contributed by atoms with Crippen LogP contribution >= 0.6 is 0 Å². The lowest BCUT2D eigenvalue weighted by atomic mass is 10.0. The van der Waals surface area contributed by atoms with Gasteiger partial charge < -0.3 is 15.6 Å². The van der Waals surface area contributed by atoms with E-state index >= 15 is 0 Å². The number of H-pyrrole nitrogens is 1. The number of hydrogen-bond donors (Lipinski definition) is 3. The molecule has 1 aromatic heterocycles. The molecule has 4 rings (SSSR count). The second kappa shape index (κ2) is 9.47. The molecule has 6 heteroatoms. The maximum atomic E-state index is 13.9. The molecule has 0 bridgehead atoms. The summed E-state index contributed by atoms with van der Waals surface area (Å²) in [5, 5.41) is 6.29. The minimum Gasteiger partial charge on any atom is -0.355 e. The third-order valence-corrected chi connectivity index (χ3v) is 5.47. The number of hydrogen-bond acceptors (Lipinski definition) is 2. The maximum Gasteiger partial charge on any atom is 0.251 e. The molecule has 1 heterocycles. The van der Waals surface area contributed by atoms with Crippen LogP contribution in [0, 0.1) is 5.82 Å². The van der Waals surface area contributed by atoms with E-state index in [2.05, 4.69) is 15.6 Å². The third kappa shape index (κ3) is 4.70. The van der Waals surface area contributed by atoms with Gasteiger partial charge in [-0.2, -0.15) is 0 Å². The highest BCUT2D eigenvalue weighted by Crippen LogP contribution is 2.31. The smallest absolute Gasteiger partial charge is 0.251 e. The fourth-order valence-electron chi connectivity index (χ4n) is 3.78. The number of nitrogens with one attached hydrogen (secondary N) is 3. The second-order valence-corrected chi connectivity index (χ2v) is 7.59. The standard InChI is InChI=1S/C26H24FN3O2/c1-28-26(32)19-9-7-17(8-10-19)16-29-24(31)14-12-21-22-15-20(27)11-13-23(22)30-25(21)18-5-3-2-4-6-18/h2-11,13,15,30H,12,14,16H2,1H3,(H,28,32)(H,29,31). The Labute approximate surface area is 185 Å². The van der Waals surface area contributed by atoms with Crippen molar-refractivity contribution in [2.24, 2.45) is 0 Å². The van der Waals surface area contributed by atoms with Gasteiger partial charge in [0.25, 0.3) is 5.91 Å². The molecule has 0 aliphatic rings. The van der Waals surface area contributed by atoms with Crippen LogP contribution in [0.4, 0.5) is 4.39 Å². The average molecular weight is 429 g/mol. The lowest BCUT2D eigenvalue weighted by Gasteiger charge is -2.08. The van der Waals surface area contributed by atoms with Crippen molar-refractivity contribution in [3.8, 4) is 11.3 Å². The fourth-order valence-corrected chi connectivity index (χ4v) is 3.78. The molecule has 0 saturated heterocycles. The topological polar surface area (TPSA) is 74.0 Å². The second-order valence-electron chi connectivity index (χ2n) is 7.59. The first-order valence-corrected chi connectivity index (χ1v) is 10.5. The van der Waals surface area contributed by atoms with Crippen LogP contribution in [0.5, 0.6) is 0 Å². The van der Waals surface area contributed by atoms with Gasteiger partial charge in [-0.3, -0.25) is 9.59 Å². The zero-order valence-electron chi connectivity index (χ0n) is 17.7. The summed E-state index contributed by atoms with van der Waals surface area (Å²) in [6.45, 7) is 0.376. The Balaban J connectivity index is 1.46. The number of fused-ring (bicyclic) bond motifs is 1. The molecule has 0 fully saturated rings. The minimum absolute atomic E-state index is 0.0925. The molecule has 0 atom stereocenters. The lowest BCUT2D eigenvalue weighted by molar-refractivity contribution is -0.121. The number of rotatable bonds is 7. The molecular formula is C26H24FN3O2. The number of aromatic nitrogens is 1. The summed E-state index contributed by atoms with van der Waals surface area (Å²) in [5.74, 6) is -0.544. The van der Waals surface area contributed by atoms with Crippen molar-refractivity contribution in [1.82, 2.24) is 15.6 Å². The van der Waals surface area contributed by atoms with E-state index in [0.29, 0.717) is 18.5 Å². The zero-order chi connectivity index (χ0) is 22.5. The number of carbonyl (C=O) groups is 2. The van der Waals surface area contributed by atoms with Crippen molar-refractivity contribution in [2.45, 2.75) is 19.4 Å². The van der Waals surface area contributed by atoms with Gasteiger partial charge in [-0.05, 0) is 53.4 Å². The average Bonchev–Trinajstić information content (AvgIpc) is 3.19. The van der Waals surface area contributed by atoms with Gasteiger partial charge in [-0.15, -0.1) is 0 Å². The molecule has 162 valence electrons. The molecule has 2 amide bonds. The van der Waals surface area contributed by atoms with Crippen LogP contribution in [-0.4, -0.2) is 23.8 Å². The molecule has 3 N–H and O–H groups in total. The Morgan fingerprint density at radius 1 is 0.969 bits per heavy atom. The number of aromatic amines is 1. The highest BCUT2D eigenvalue weighted by atomic mass is 19.1. The molecule has 0 radical (unpaired) electrons. The molecule has 0 aliphatic heterocycles. The Bertz CT molecular complexity index is 1250. The van der Waals surface area contributed by atoms with Crippen LogP contribution in [0.2, 0.25) is 0 Å². The van der Waals surface area contributed by atoms with E-state index in [9.17, 15) is 14.0 Å². The van der Waals surface area contributed by atoms with Crippen LogP contribution in [0.25, 0.3) is 22.2 Å². The quantitative estimate of drug-likeness (QED) is 0.402. The number of aryl methyl sites for hydroxylation is 1. The van der Waals surface area contributed by atoms with Gasteiger partial charge in [0, 0.05) is 42.2 Å². The van der Waals surface area contributed by atoms with E-state index in [1.807, 2.05) is 42.5 Å². The molecule has 0 spiro atoms. The van der Waals surface area contributed by atoms with E-state index in [1.54, 1.807) is 25.2 Å². The predicted octanol–water partition coefficient (Wildman–Crippen LogP) is 4.58. The molecule has 3 aromatic carbocycles. The Morgan fingerprint density at radius 2 is 1.72 bits per heavy atom. The first kappa shape index (κ1) is 21.3. The summed E-state index contributed by atoms with van der Waals surface area (Å²) >= 11 is 0. The third-order valence-electron chi connectivity index (χ3n) is 5.47. The molecule has 4 aromatic rings.